The molecule has 0 aromatic heterocycles. The first kappa shape index (κ1) is 26.9. The van der Waals surface area contributed by atoms with Crippen molar-refractivity contribution in [2.24, 2.45) is 11.8 Å². The molecule has 186 valence electrons. The number of ketones is 1. The van der Waals surface area contributed by atoms with Crippen LogP contribution in [0.5, 0.6) is 0 Å². The van der Waals surface area contributed by atoms with Crippen molar-refractivity contribution in [1.82, 2.24) is 0 Å². The Bertz CT molecular complexity index is 918. The average Bonchev–Trinajstić information content (AvgIpc) is 2.87. The zero-order valence-corrected chi connectivity index (χ0v) is 22.1. The molecule has 2 aromatic rings. The molecule has 0 N–H and O–H groups in total. The summed E-state index contributed by atoms with van der Waals surface area (Å²) in [7, 11) is 0. The number of halogens is 1. The van der Waals surface area contributed by atoms with Crippen molar-refractivity contribution < 1.29 is 14.3 Å². The molecule has 0 bridgehead atoms. The van der Waals surface area contributed by atoms with Crippen LogP contribution in [-0.2, 0) is 15.3 Å². The van der Waals surface area contributed by atoms with E-state index in [0.717, 1.165) is 36.8 Å². The Morgan fingerprint density at radius 1 is 0.794 bits per heavy atom. The third-order valence-electron chi connectivity index (χ3n) is 7.24. The molecule has 3 rings (SSSR count). The Kier molecular flexibility index (Phi) is 10.2. The predicted molar refractivity (Wildman–Crippen MR) is 141 cm³/mol. The molecule has 2 unspecified atom stereocenters. The zero-order chi connectivity index (χ0) is 24.6. The highest BCUT2D eigenvalue weighted by Gasteiger charge is 2.46. The summed E-state index contributed by atoms with van der Waals surface area (Å²) in [5.41, 5.74) is 2.80. The van der Waals surface area contributed by atoms with Crippen molar-refractivity contribution in [2.45, 2.75) is 84.8 Å². The molecule has 2 atom stereocenters. The highest BCUT2D eigenvalue weighted by molar-refractivity contribution is 6.31. The van der Waals surface area contributed by atoms with Crippen LogP contribution in [0.3, 0.4) is 0 Å². The standard InChI is InChI=1S/C30H41ClO3/c1-5-9-13-22(7-3)20-33-30(34-21-23(8-4)14-10-6-2)27-16-12-11-15-25(27)29(32)26-19-24(31)17-18-28(26)30/h11-12,15-19,22-23H,5-10,13-14,20-21H2,1-4H3. The Hall–Kier alpha value is -1.68. The van der Waals surface area contributed by atoms with E-state index in [9.17, 15) is 4.79 Å². The third-order valence-corrected chi connectivity index (χ3v) is 7.47. The van der Waals surface area contributed by atoms with Gasteiger partial charge in [-0.25, -0.2) is 0 Å². The van der Waals surface area contributed by atoms with Gasteiger partial charge in [0.2, 0.25) is 5.79 Å². The lowest BCUT2D eigenvalue weighted by atomic mass is 9.80. The van der Waals surface area contributed by atoms with Crippen molar-refractivity contribution in [3.63, 3.8) is 0 Å². The van der Waals surface area contributed by atoms with Crippen molar-refractivity contribution in [2.75, 3.05) is 13.2 Å². The second-order valence-electron chi connectivity index (χ2n) is 9.64. The van der Waals surface area contributed by atoms with Crippen LogP contribution in [0.15, 0.2) is 42.5 Å². The molecule has 0 saturated carbocycles. The minimum atomic E-state index is -1.11. The number of hydrogen-bond acceptors (Lipinski definition) is 3. The average molecular weight is 485 g/mol. The number of ether oxygens (including phenoxy) is 2. The van der Waals surface area contributed by atoms with Crippen molar-refractivity contribution in [3.8, 4) is 0 Å². The molecule has 0 spiro atoms. The molecular weight excluding hydrogens is 444 g/mol. The number of benzene rings is 2. The molecule has 1 aliphatic carbocycles. The van der Waals surface area contributed by atoms with Gasteiger partial charge in [0.15, 0.2) is 5.78 Å². The molecule has 0 fully saturated rings. The number of unbranched alkanes of at least 4 members (excludes halogenated alkanes) is 2. The third kappa shape index (κ3) is 5.93. The van der Waals surface area contributed by atoms with Gasteiger partial charge in [-0.2, -0.15) is 0 Å². The lowest BCUT2D eigenvalue weighted by Gasteiger charge is -2.41. The molecule has 0 aliphatic heterocycles. The second kappa shape index (κ2) is 12.9. The van der Waals surface area contributed by atoms with E-state index in [0.29, 0.717) is 41.2 Å². The van der Waals surface area contributed by atoms with E-state index in [2.05, 4.69) is 27.7 Å². The van der Waals surface area contributed by atoms with E-state index in [-0.39, 0.29) is 5.78 Å². The van der Waals surface area contributed by atoms with Gasteiger partial charge in [-0.05, 0) is 36.8 Å². The first-order valence-electron chi connectivity index (χ1n) is 13.2. The first-order chi connectivity index (χ1) is 16.5. The van der Waals surface area contributed by atoms with Gasteiger partial charge in [0.25, 0.3) is 0 Å². The summed E-state index contributed by atoms with van der Waals surface area (Å²) in [5, 5.41) is 0.546. The summed E-state index contributed by atoms with van der Waals surface area (Å²) >= 11 is 6.34. The maximum Gasteiger partial charge on any atom is 0.223 e. The molecular formula is C30H41ClO3. The van der Waals surface area contributed by atoms with Crippen molar-refractivity contribution >= 4 is 17.4 Å². The number of fused-ring (bicyclic) bond motifs is 2. The van der Waals surface area contributed by atoms with Crippen LogP contribution < -0.4 is 0 Å². The van der Waals surface area contributed by atoms with E-state index >= 15 is 0 Å². The molecule has 2 aromatic carbocycles. The van der Waals surface area contributed by atoms with Gasteiger partial charge >= 0.3 is 0 Å². The summed E-state index contributed by atoms with van der Waals surface area (Å²) < 4.78 is 13.7. The van der Waals surface area contributed by atoms with Crippen molar-refractivity contribution in [1.29, 1.82) is 0 Å². The molecule has 0 amide bonds. The Labute approximate surface area is 211 Å². The van der Waals surface area contributed by atoms with Crippen LogP contribution in [0, 0.1) is 11.8 Å². The van der Waals surface area contributed by atoms with Crippen LogP contribution in [0.2, 0.25) is 5.02 Å². The van der Waals surface area contributed by atoms with Gasteiger partial charge in [-0.3, -0.25) is 4.79 Å². The van der Waals surface area contributed by atoms with Gasteiger partial charge < -0.3 is 9.47 Å². The predicted octanol–water partition coefficient (Wildman–Crippen LogP) is 8.55. The highest BCUT2D eigenvalue weighted by Crippen LogP contribution is 2.45. The Morgan fingerprint density at radius 3 is 1.91 bits per heavy atom. The molecule has 0 saturated heterocycles. The van der Waals surface area contributed by atoms with Gasteiger partial charge in [0, 0.05) is 27.3 Å². The van der Waals surface area contributed by atoms with Crippen molar-refractivity contribution in [3.05, 3.63) is 69.7 Å². The minimum Gasteiger partial charge on any atom is -0.342 e. The first-order valence-corrected chi connectivity index (χ1v) is 13.6. The molecule has 0 radical (unpaired) electrons. The van der Waals surface area contributed by atoms with Gasteiger partial charge in [0.1, 0.15) is 0 Å². The maximum atomic E-state index is 13.4. The summed E-state index contributed by atoms with van der Waals surface area (Å²) in [6.07, 6.45) is 9.09. The molecule has 0 heterocycles. The van der Waals surface area contributed by atoms with E-state index in [1.54, 1.807) is 6.07 Å². The van der Waals surface area contributed by atoms with E-state index in [1.165, 1.54) is 25.7 Å². The van der Waals surface area contributed by atoms with Crippen LogP contribution in [0.25, 0.3) is 0 Å². The van der Waals surface area contributed by atoms with E-state index in [1.807, 2.05) is 36.4 Å². The van der Waals surface area contributed by atoms with Gasteiger partial charge in [-0.15, -0.1) is 0 Å². The molecule has 3 nitrogen and oxygen atoms in total. The number of carbonyl (C=O) groups is 1. The monoisotopic (exact) mass is 484 g/mol. The maximum absolute atomic E-state index is 13.4. The molecule has 4 heteroatoms. The second-order valence-corrected chi connectivity index (χ2v) is 10.1. The molecule has 34 heavy (non-hydrogen) atoms. The van der Waals surface area contributed by atoms with E-state index < -0.39 is 5.79 Å². The smallest absolute Gasteiger partial charge is 0.223 e. The summed E-state index contributed by atoms with van der Waals surface area (Å²) in [6.45, 7) is 10.1. The number of rotatable bonds is 14. The summed E-state index contributed by atoms with van der Waals surface area (Å²) in [6, 6.07) is 13.3. The fourth-order valence-electron chi connectivity index (χ4n) is 4.87. The van der Waals surface area contributed by atoms with Crippen LogP contribution in [-0.4, -0.2) is 19.0 Å². The van der Waals surface area contributed by atoms with Crippen LogP contribution >= 0.6 is 11.6 Å². The normalized spacial score (nSPS) is 18.9. The van der Waals surface area contributed by atoms with Gasteiger partial charge in [-0.1, -0.05) is 108 Å². The topological polar surface area (TPSA) is 35.5 Å². The minimum absolute atomic E-state index is 0.0213. The number of carbonyl (C=O) groups excluding carboxylic acids is 1. The Morgan fingerprint density at radius 2 is 1.35 bits per heavy atom. The Balaban J connectivity index is 2.06. The molecule has 1 aliphatic rings. The SMILES string of the molecule is CCCCC(CC)COC1(OCC(CC)CCCC)c2ccccc2C(=O)c2cc(Cl)ccc21. The summed E-state index contributed by atoms with van der Waals surface area (Å²) in [5.74, 6) is -0.234. The zero-order valence-electron chi connectivity index (χ0n) is 21.4. The fraction of sp³-hybridized carbons (Fsp3) is 0.567. The number of hydrogen-bond donors (Lipinski definition) is 0. The fourth-order valence-corrected chi connectivity index (χ4v) is 5.04. The van der Waals surface area contributed by atoms with E-state index in [4.69, 9.17) is 21.1 Å². The highest BCUT2D eigenvalue weighted by atomic mass is 35.5. The quantitative estimate of drug-likeness (QED) is 0.252. The largest absolute Gasteiger partial charge is 0.342 e. The lowest BCUT2D eigenvalue weighted by Crippen LogP contribution is -2.42. The summed E-state index contributed by atoms with van der Waals surface area (Å²) in [4.78, 5) is 13.4. The lowest BCUT2D eigenvalue weighted by molar-refractivity contribution is -0.231. The van der Waals surface area contributed by atoms with Crippen LogP contribution in [0.1, 0.15) is 106 Å². The van der Waals surface area contributed by atoms with Crippen LogP contribution in [0.4, 0.5) is 0 Å². The van der Waals surface area contributed by atoms with Gasteiger partial charge in [0.05, 0.1) is 13.2 Å².